The minimum Gasteiger partial charge on any atom is -0.396 e. The highest BCUT2D eigenvalue weighted by molar-refractivity contribution is 5.19. The molecule has 1 atom stereocenters. The van der Waals surface area contributed by atoms with Gasteiger partial charge in [-0.15, -0.1) is 5.10 Å². The van der Waals surface area contributed by atoms with Crippen LogP contribution in [0.15, 0.2) is 30.5 Å². The Hall–Kier alpha value is -1.79. The Morgan fingerprint density at radius 2 is 2.10 bits per heavy atom. The van der Waals surface area contributed by atoms with Crippen LogP contribution in [0.1, 0.15) is 30.6 Å². The molecule has 2 aromatic rings. The maximum Gasteiger partial charge on any atom is 0.123 e. The third kappa shape index (κ3) is 4.11. The van der Waals surface area contributed by atoms with Crippen LogP contribution >= 0.6 is 0 Å². The quantitative estimate of drug-likeness (QED) is 0.808. The van der Waals surface area contributed by atoms with Crippen molar-refractivity contribution in [3.8, 4) is 0 Å². The van der Waals surface area contributed by atoms with Gasteiger partial charge in [-0.1, -0.05) is 17.3 Å². The minimum absolute atomic E-state index is 0.109. The van der Waals surface area contributed by atoms with Gasteiger partial charge in [-0.05, 0) is 31.0 Å². The number of aliphatic hydroxyl groups is 1. The number of hydrogen-bond donors (Lipinski definition) is 2. The van der Waals surface area contributed by atoms with E-state index >= 15 is 0 Å². The van der Waals surface area contributed by atoms with Crippen LogP contribution < -0.4 is 5.32 Å². The number of rotatable bonds is 7. The molecule has 2 N–H and O–H groups in total. The third-order valence-corrected chi connectivity index (χ3v) is 3.09. The number of aromatic nitrogens is 3. The van der Waals surface area contributed by atoms with Crippen LogP contribution in [-0.2, 0) is 13.1 Å². The third-order valence-electron chi connectivity index (χ3n) is 3.09. The molecule has 0 aliphatic carbocycles. The Labute approximate surface area is 117 Å². The van der Waals surface area contributed by atoms with Crippen LogP contribution in [0, 0.1) is 5.82 Å². The molecule has 0 aliphatic rings. The first-order chi connectivity index (χ1) is 9.69. The van der Waals surface area contributed by atoms with E-state index in [1.807, 2.05) is 13.1 Å². The molecule has 1 heterocycles. The van der Waals surface area contributed by atoms with Crippen LogP contribution in [0.4, 0.5) is 4.39 Å². The van der Waals surface area contributed by atoms with Gasteiger partial charge in [-0.2, -0.15) is 0 Å². The van der Waals surface area contributed by atoms with Crippen molar-refractivity contribution in [2.45, 2.75) is 32.5 Å². The molecule has 0 bridgehead atoms. The summed E-state index contributed by atoms with van der Waals surface area (Å²) in [5.74, 6) is -0.229. The molecular formula is C14H19FN4O. The Morgan fingerprint density at radius 1 is 1.35 bits per heavy atom. The topological polar surface area (TPSA) is 63.0 Å². The predicted molar refractivity (Wildman–Crippen MR) is 73.4 cm³/mol. The van der Waals surface area contributed by atoms with Gasteiger partial charge in [0.1, 0.15) is 5.82 Å². The van der Waals surface area contributed by atoms with Crippen molar-refractivity contribution in [2.75, 3.05) is 6.61 Å². The van der Waals surface area contributed by atoms with Gasteiger partial charge in [0, 0.05) is 31.9 Å². The van der Waals surface area contributed by atoms with Gasteiger partial charge >= 0.3 is 0 Å². The summed E-state index contributed by atoms with van der Waals surface area (Å²) >= 11 is 0. The molecule has 0 unspecified atom stereocenters. The Balaban J connectivity index is 1.85. The SMILES string of the molecule is C[C@H](NCc1cn(CCCO)nn1)c1ccc(F)cc1. The van der Waals surface area contributed by atoms with Crippen molar-refractivity contribution in [3.63, 3.8) is 0 Å². The van der Waals surface area contributed by atoms with Crippen LogP contribution in [-0.4, -0.2) is 26.7 Å². The first kappa shape index (κ1) is 14.6. The molecule has 1 aromatic carbocycles. The second-order valence-corrected chi connectivity index (χ2v) is 4.70. The molecule has 5 nitrogen and oxygen atoms in total. The van der Waals surface area contributed by atoms with Gasteiger partial charge in [0.05, 0.1) is 5.69 Å². The van der Waals surface area contributed by atoms with Gasteiger partial charge in [0.15, 0.2) is 0 Å². The second-order valence-electron chi connectivity index (χ2n) is 4.70. The Morgan fingerprint density at radius 3 is 2.80 bits per heavy atom. The fraction of sp³-hybridized carbons (Fsp3) is 0.429. The van der Waals surface area contributed by atoms with E-state index in [9.17, 15) is 4.39 Å². The van der Waals surface area contributed by atoms with E-state index < -0.39 is 0 Å². The van der Waals surface area contributed by atoms with E-state index in [2.05, 4.69) is 15.6 Å². The molecule has 0 saturated heterocycles. The van der Waals surface area contributed by atoms with E-state index in [0.29, 0.717) is 19.5 Å². The lowest BCUT2D eigenvalue weighted by Gasteiger charge is -2.12. The highest BCUT2D eigenvalue weighted by Crippen LogP contribution is 2.13. The van der Waals surface area contributed by atoms with E-state index in [1.165, 1.54) is 12.1 Å². The average Bonchev–Trinajstić information content (AvgIpc) is 2.91. The van der Waals surface area contributed by atoms with Gasteiger partial charge in [0.25, 0.3) is 0 Å². The summed E-state index contributed by atoms with van der Waals surface area (Å²) < 4.78 is 14.6. The van der Waals surface area contributed by atoms with Crippen LogP contribution in [0.25, 0.3) is 0 Å². The average molecular weight is 278 g/mol. The molecule has 0 amide bonds. The van der Waals surface area contributed by atoms with Gasteiger partial charge < -0.3 is 10.4 Å². The summed E-state index contributed by atoms with van der Waals surface area (Å²) in [7, 11) is 0. The number of halogens is 1. The second kappa shape index (κ2) is 7.12. The monoisotopic (exact) mass is 278 g/mol. The molecule has 0 radical (unpaired) electrons. The molecule has 0 saturated carbocycles. The van der Waals surface area contributed by atoms with Crippen LogP contribution in [0.5, 0.6) is 0 Å². The number of aliphatic hydroxyl groups excluding tert-OH is 1. The van der Waals surface area contributed by atoms with Crippen molar-refractivity contribution >= 4 is 0 Å². The van der Waals surface area contributed by atoms with Crippen molar-refractivity contribution < 1.29 is 9.50 Å². The van der Waals surface area contributed by atoms with Crippen molar-refractivity contribution in [1.29, 1.82) is 0 Å². The lowest BCUT2D eigenvalue weighted by Crippen LogP contribution is -2.18. The Bertz CT molecular complexity index is 526. The van der Waals surface area contributed by atoms with Crippen molar-refractivity contribution in [3.05, 3.63) is 47.5 Å². The summed E-state index contributed by atoms with van der Waals surface area (Å²) in [6.45, 7) is 3.42. The number of hydrogen-bond acceptors (Lipinski definition) is 4. The number of benzene rings is 1. The van der Waals surface area contributed by atoms with E-state index in [-0.39, 0.29) is 18.5 Å². The zero-order chi connectivity index (χ0) is 14.4. The first-order valence-electron chi connectivity index (χ1n) is 6.68. The molecular weight excluding hydrogens is 259 g/mol. The maximum absolute atomic E-state index is 12.8. The van der Waals surface area contributed by atoms with Crippen molar-refractivity contribution in [1.82, 2.24) is 20.3 Å². The molecule has 0 fully saturated rings. The number of nitrogens with one attached hydrogen (secondary N) is 1. The molecule has 0 spiro atoms. The molecule has 2 rings (SSSR count). The largest absolute Gasteiger partial charge is 0.396 e. The molecule has 108 valence electrons. The van der Waals surface area contributed by atoms with Gasteiger partial charge in [-0.25, -0.2) is 4.39 Å². The van der Waals surface area contributed by atoms with E-state index in [4.69, 9.17) is 5.11 Å². The number of nitrogens with zero attached hydrogens (tertiary/aromatic N) is 3. The highest BCUT2D eigenvalue weighted by Gasteiger charge is 2.07. The standard InChI is InChI=1S/C14H19FN4O/c1-11(12-3-5-13(15)6-4-12)16-9-14-10-19(18-17-14)7-2-8-20/h3-6,10-11,16,20H,2,7-9H2,1H3/t11-/m0/s1. The minimum atomic E-state index is -0.229. The lowest BCUT2D eigenvalue weighted by atomic mass is 10.1. The summed E-state index contributed by atoms with van der Waals surface area (Å²) in [4.78, 5) is 0. The molecule has 1 aromatic heterocycles. The normalized spacial score (nSPS) is 12.6. The molecule has 20 heavy (non-hydrogen) atoms. The first-order valence-corrected chi connectivity index (χ1v) is 6.68. The van der Waals surface area contributed by atoms with Gasteiger partial charge in [0.2, 0.25) is 0 Å². The van der Waals surface area contributed by atoms with Gasteiger partial charge in [-0.3, -0.25) is 4.68 Å². The summed E-state index contributed by atoms with van der Waals surface area (Å²) in [6, 6.07) is 6.56. The number of aryl methyl sites for hydroxylation is 1. The van der Waals surface area contributed by atoms with E-state index in [1.54, 1.807) is 16.8 Å². The van der Waals surface area contributed by atoms with Crippen LogP contribution in [0.2, 0.25) is 0 Å². The molecule has 0 aliphatic heterocycles. The highest BCUT2D eigenvalue weighted by atomic mass is 19.1. The molecule has 6 heteroatoms. The zero-order valence-electron chi connectivity index (χ0n) is 11.5. The zero-order valence-corrected chi connectivity index (χ0v) is 11.5. The fourth-order valence-electron chi connectivity index (χ4n) is 1.89. The Kier molecular flexibility index (Phi) is 5.20. The maximum atomic E-state index is 12.8. The summed E-state index contributed by atoms with van der Waals surface area (Å²) in [5.41, 5.74) is 1.87. The van der Waals surface area contributed by atoms with Crippen LogP contribution in [0.3, 0.4) is 0 Å². The predicted octanol–water partition coefficient (Wildman–Crippen LogP) is 1.65. The summed E-state index contributed by atoms with van der Waals surface area (Å²) in [6.07, 6.45) is 2.53. The van der Waals surface area contributed by atoms with Crippen molar-refractivity contribution in [2.24, 2.45) is 0 Å². The smallest absolute Gasteiger partial charge is 0.123 e. The summed E-state index contributed by atoms with van der Waals surface area (Å²) in [5, 5.41) is 20.1. The van der Waals surface area contributed by atoms with E-state index in [0.717, 1.165) is 11.3 Å². The fourth-order valence-corrected chi connectivity index (χ4v) is 1.89. The lowest BCUT2D eigenvalue weighted by molar-refractivity contribution is 0.276.